The number of fused-ring (bicyclic) bond motifs is 1. The van der Waals surface area contributed by atoms with Crippen LogP contribution in [0.1, 0.15) is 31.5 Å². The van der Waals surface area contributed by atoms with Gasteiger partial charge >= 0.3 is 0 Å². The van der Waals surface area contributed by atoms with Gasteiger partial charge in [-0.05, 0) is 43.6 Å². The number of likely N-dealkylation sites (N-methyl/N-ethyl adjacent to an activating group) is 1. The van der Waals surface area contributed by atoms with Crippen LogP contribution in [0.5, 0.6) is 5.75 Å². The van der Waals surface area contributed by atoms with Crippen LogP contribution < -0.4 is 10.1 Å². The third-order valence-electron chi connectivity index (χ3n) is 5.24. The van der Waals surface area contributed by atoms with Crippen LogP contribution in [-0.4, -0.2) is 46.8 Å². The SMILES string of the molecule is CCN(CC)CCOc1cccc(NC(=O)C2CCc3cn(C)nc3C2)c1. The highest BCUT2D eigenvalue weighted by atomic mass is 16.5. The highest BCUT2D eigenvalue weighted by molar-refractivity contribution is 5.93. The Kier molecular flexibility index (Phi) is 6.50. The summed E-state index contributed by atoms with van der Waals surface area (Å²) in [5.74, 6) is 0.821. The second kappa shape index (κ2) is 9.04. The van der Waals surface area contributed by atoms with E-state index in [2.05, 4.69) is 35.4 Å². The topological polar surface area (TPSA) is 59.4 Å². The van der Waals surface area contributed by atoms with Gasteiger partial charge in [0.15, 0.2) is 0 Å². The summed E-state index contributed by atoms with van der Waals surface area (Å²) >= 11 is 0. The zero-order chi connectivity index (χ0) is 19.2. The molecule has 0 saturated heterocycles. The van der Waals surface area contributed by atoms with E-state index in [9.17, 15) is 4.79 Å². The van der Waals surface area contributed by atoms with Gasteiger partial charge in [0.05, 0.1) is 5.69 Å². The minimum absolute atomic E-state index is 0.0281. The average Bonchev–Trinajstić information content (AvgIpc) is 3.04. The first-order valence-electron chi connectivity index (χ1n) is 9.86. The van der Waals surface area contributed by atoms with Gasteiger partial charge in [-0.25, -0.2) is 0 Å². The van der Waals surface area contributed by atoms with Crippen molar-refractivity contribution in [3.63, 3.8) is 0 Å². The molecule has 1 heterocycles. The van der Waals surface area contributed by atoms with Gasteiger partial charge in [0, 0.05) is 43.9 Å². The number of hydrogen-bond acceptors (Lipinski definition) is 4. The maximum atomic E-state index is 12.7. The van der Waals surface area contributed by atoms with Crippen molar-refractivity contribution in [3.8, 4) is 5.75 Å². The molecule has 0 radical (unpaired) electrons. The highest BCUT2D eigenvalue weighted by Crippen LogP contribution is 2.26. The van der Waals surface area contributed by atoms with Crippen LogP contribution in [0.25, 0.3) is 0 Å². The fourth-order valence-corrected chi connectivity index (χ4v) is 3.59. The van der Waals surface area contributed by atoms with E-state index < -0.39 is 0 Å². The maximum absolute atomic E-state index is 12.7. The maximum Gasteiger partial charge on any atom is 0.227 e. The predicted molar refractivity (Wildman–Crippen MR) is 107 cm³/mol. The first-order chi connectivity index (χ1) is 13.1. The van der Waals surface area contributed by atoms with Crippen molar-refractivity contribution in [1.29, 1.82) is 0 Å². The molecule has 6 nitrogen and oxygen atoms in total. The fourth-order valence-electron chi connectivity index (χ4n) is 3.59. The lowest BCUT2D eigenvalue weighted by Crippen LogP contribution is -2.28. The number of aromatic nitrogens is 2. The quantitative estimate of drug-likeness (QED) is 0.776. The van der Waals surface area contributed by atoms with Gasteiger partial charge in [-0.15, -0.1) is 0 Å². The summed E-state index contributed by atoms with van der Waals surface area (Å²) in [5.41, 5.74) is 3.11. The molecule has 1 unspecified atom stereocenters. The summed E-state index contributed by atoms with van der Waals surface area (Å²) in [7, 11) is 1.93. The lowest BCUT2D eigenvalue weighted by atomic mass is 9.87. The van der Waals surface area contributed by atoms with Crippen LogP contribution in [-0.2, 0) is 24.7 Å². The Morgan fingerprint density at radius 2 is 2.19 bits per heavy atom. The van der Waals surface area contributed by atoms with Crippen LogP contribution in [0.4, 0.5) is 5.69 Å². The highest BCUT2D eigenvalue weighted by Gasteiger charge is 2.26. The van der Waals surface area contributed by atoms with Gasteiger partial charge in [-0.1, -0.05) is 19.9 Å². The summed E-state index contributed by atoms with van der Waals surface area (Å²) in [6.45, 7) is 7.89. The van der Waals surface area contributed by atoms with Crippen LogP contribution in [0.2, 0.25) is 0 Å². The zero-order valence-electron chi connectivity index (χ0n) is 16.6. The molecule has 1 aliphatic carbocycles. The van der Waals surface area contributed by atoms with E-state index in [0.717, 1.165) is 49.6 Å². The third-order valence-corrected chi connectivity index (χ3v) is 5.24. The Bertz CT molecular complexity index is 767. The minimum atomic E-state index is -0.0281. The Labute approximate surface area is 161 Å². The normalized spacial score (nSPS) is 16.2. The lowest BCUT2D eigenvalue weighted by Gasteiger charge is -2.21. The molecular weight excluding hydrogens is 340 g/mol. The smallest absolute Gasteiger partial charge is 0.227 e. The molecule has 1 N–H and O–H groups in total. The van der Waals surface area contributed by atoms with E-state index in [4.69, 9.17) is 4.74 Å². The van der Waals surface area contributed by atoms with Crippen molar-refractivity contribution in [2.45, 2.75) is 33.1 Å². The number of carbonyl (C=O) groups is 1. The van der Waals surface area contributed by atoms with Crippen molar-refractivity contribution in [1.82, 2.24) is 14.7 Å². The summed E-state index contributed by atoms with van der Waals surface area (Å²) in [6, 6.07) is 7.65. The molecule has 2 aromatic rings. The van der Waals surface area contributed by atoms with Crippen LogP contribution >= 0.6 is 0 Å². The molecule has 1 aliphatic rings. The number of carbonyl (C=O) groups excluding carboxylic acids is 1. The molecule has 3 rings (SSSR count). The number of amides is 1. The summed E-state index contributed by atoms with van der Waals surface area (Å²) in [6.07, 6.45) is 4.55. The summed E-state index contributed by atoms with van der Waals surface area (Å²) in [5, 5.41) is 7.53. The molecule has 1 aromatic carbocycles. The number of nitrogens with one attached hydrogen (secondary N) is 1. The van der Waals surface area contributed by atoms with Gasteiger partial charge < -0.3 is 15.0 Å². The van der Waals surface area contributed by atoms with Crippen molar-refractivity contribution < 1.29 is 9.53 Å². The molecule has 0 aliphatic heterocycles. The summed E-state index contributed by atoms with van der Waals surface area (Å²) in [4.78, 5) is 15.0. The number of ether oxygens (including phenoxy) is 1. The van der Waals surface area contributed by atoms with E-state index in [0.29, 0.717) is 13.0 Å². The van der Waals surface area contributed by atoms with Crippen molar-refractivity contribution in [2.75, 3.05) is 31.6 Å². The Morgan fingerprint density at radius 1 is 1.37 bits per heavy atom. The number of anilines is 1. The molecule has 1 aromatic heterocycles. The van der Waals surface area contributed by atoms with Gasteiger partial charge in [0.1, 0.15) is 12.4 Å². The molecule has 0 bridgehead atoms. The van der Waals surface area contributed by atoms with E-state index in [-0.39, 0.29) is 11.8 Å². The second-order valence-corrected chi connectivity index (χ2v) is 7.11. The predicted octanol–water partition coefficient (Wildman–Crippen LogP) is 2.88. The number of rotatable bonds is 8. The van der Waals surface area contributed by atoms with Gasteiger partial charge in [0.25, 0.3) is 0 Å². The number of hydrogen-bond donors (Lipinski definition) is 1. The Hall–Kier alpha value is -2.34. The van der Waals surface area contributed by atoms with Crippen molar-refractivity contribution >= 4 is 11.6 Å². The van der Waals surface area contributed by atoms with Gasteiger partial charge in [-0.3, -0.25) is 9.48 Å². The number of nitrogens with zero attached hydrogens (tertiary/aromatic N) is 3. The molecule has 1 amide bonds. The first-order valence-corrected chi connectivity index (χ1v) is 9.86. The van der Waals surface area contributed by atoms with Crippen molar-refractivity contribution in [2.24, 2.45) is 13.0 Å². The molecule has 6 heteroatoms. The first kappa shape index (κ1) is 19.4. The average molecular weight is 370 g/mol. The van der Waals surface area contributed by atoms with E-state index in [1.54, 1.807) is 0 Å². The summed E-state index contributed by atoms with van der Waals surface area (Å²) < 4.78 is 7.69. The van der Waals surface area contributed by atoms with E-state index in [1.165, 1.54) is 5.56 Å². The molecule has 0 spiro atoms. The molecule has 0 saturated carbocycles. The third kappa shape index (κ3) is 5.10. The second-order valence-electron chi connectivity index (χ2n) is 7.11. The van der Waals surface area contributed by atoms with Gasteiger partial charge in [-0.2, -0.15) is 5.10 Å². The van der Waals surface area contributed by atoms with Crippen molar-refractivity contribution in [3.05, 3.63) is 41.7 Å². The standard InChI is InChI=1S/C21H30N4O2/c1-4-25(5-2)11-12-27-19-8-6-7-18(14-19)22-21(26)16-9-10-17-15-24(3)23-20(17)13-16/h6-8,14-16H,4-5,9-13H2,1-3H3,(H,22,26). The van der Waals surface area contributed by atoms with Gasteiger partial charge in [0.2, 0.25) is 5.91 Å². The number of aryl methyl sites for hydroxylation is 2. The minimum Gasteiger partial charge on any atom is -0.492 e. The molecule has 146 valence electrons. The van der Waals surface area contributed by atoms with E-state index >= 15 is 0 Å². The molecule has 1 atom stereocenters. The van der Waals surface area contributed by atoms with E-state index in [1.807, 2.05) is 36.0 Å². The fraction of sp³-hybridized carbons (Fsp3) is 0.524. The monoisotopic (exact) mass is 370 g/mol. The van der Waals surface area contributed by atoms with Crippen LogP contribution in [0.15, 0.2) is 30.5 Å². The lowest BCUT2D eigenvalue weighted by molar-refractivity contribution is -0.120. The molecular formula is C21H30N4O2. The Morgan fingerprint density at radius 3 is 2.96 bits per heavy atom. The van der Waals surface area contributed by atoms with Crippen LogP contribution in [0, 0.1) is 5.92 Å². The van der Waals surface area contributed by atoms with Crippen LogP contribution in [0.3, 0.4) is 0 Å². The zero-order valence-corrected chi connectivity index (χ0v) is 16.6. The molecule has 27 heavy (non-hydrogen) atoms. The Balaban J connectivity index is 1.54. The largest absolute Gasteiger partial charge is 0.492 e. The number of benzene rings is 1. The molecule has 0 fully saturated rings.